The molecule has 28 heavy (non-hydrogen) atoms. The number of carbonyl (C=O) groups excluding carboxylic acids is 2. The van der Waals surface area contributed by atoms with E-state index in [1.54, 1.807) is 4.90 Å². The molecule has 0 aliphatic carbocycles. The molecule has 2 heterocycles. The van der Waals surface area contributed by atoms with Crippen LogP contribution in [0.15, 0.2) is 35.4 Å². The molecule has 0 unspecified atom stereocenters. The molecule has 0 atom stereocenters. The lowest BCUT2D eigenvalue weighted by atomic mass is 10.3. The first-order chi connectivity index (χ1) is 13.5. The van der Waals surface area contributed by atoms with E-state index in [0.29, 0.717) is 18.9 Å². The molecule has 2 amide bonds. The van der Waals surface area contributed by atoms with Gasteiger partial charge in [-0.1, -0.05) is 30.0 Å². The number of amides is 2. The number of fused-ring (bicyclic) bond motifs is 1. The zero-order valence-corrected chi connectivity index (χ0v) is 17.3. The van der Waals surface area contributed by atoms with Crippen LogP contribution in [0.25, 0.3) is 5.69 Å². The minimum atomic E-state index is -0.178. The van der Waals surface area contributed by atoms with Crippen molar-refractivity contribution in [3.05, 3.63) is 36.0 Å². The maximum atomic E-state index is 12.5. The van der Waals surface area contributed by atoms with E-state index in [1.807, 2.05) is 55.8 Å². The first kappa shape index (κ1) is 20.4. The summed E-state index contributed by atoms with van der Waals surface area (Å²) in [7, 11) is 0. The highest BCUT2D eigenvalue weighted by Gasteiger charge is 2.32. The standard InChI is InChI=1S/C20H26N4O3S/c1-14(2)27-11-7-10-21-17(25)12-23-18(26)13-28-20-19(23)15(3)22-24(20)16-8-5-4-6-9-16/h4-6,8-9,14H,7,10-13H2,1-3H3,(H,21,25). The monoisotopic (exact) mass is 402 g/mol. The van der Waals surface area contributed by atoms with Crippen molar-refractivity contribution in [3.63, 3.8) is 0 Å². The van der Waals surface area contributed by atoms with Crippen LogP contribution in [0.3, 0.4) is 0 Å². The largest absolute Gasteiger partial charge is 0.379 e. The van der Waals surface area contributed by atoms with E-state index in [-0.39, 0.29) is 24.5 Å². The Morgan fingerprint density at radius 3 is 2.79 bits per heavy atom. The molecule has 150 valence electrons. The van der Waals surface area contributed by atoms with Crippen LogP contribution in [0.4, 0.5) is 5.69 Å². The SMILES string of the molecule is Cc1nn(-c2ccccc2)c2c1N(CC(=O)NCCCOC(C)C)C(=O)CS2. The molecule has 0 fully saturated rings. The lowest BCUT2D eigenvalue weighted by molar-refractivity contribution is -0.123. The first-order valence-corrected chi connectivity index (χ1v) is 10.4. The number of nitrogens with zero attached hydrogens (tertiary/aromatic N) is 3. The molecular weight excluding hydrogens is 376 g/mol. The van der Waals surface area contributed by atoms with Gasteiger partial charge in [-0.3, -0.25) is 14.5 Å². The summed E-state index contributed by atoms with van der Waals surface area (Å²) >= 11 is 1.46. The van der Waals surface area contributed by atoms with Gasteiger partial charge >= 0.3 is 0 Å². The highest BCUT2D eigenvalue weighted by molar-refractivity contribution is 8.00. The van der Waals surface area contributed by atoms with E-state index < -0.39 is 0 Å². The van der Waals surface area contributed by atoms with Crippen LogP contribution in [0.5, 0.6) is 0 Å². The van der Waals surface area contributed by atoms with E-state index in [0.717, 1.165) is 28.5 Å². The topological polar surface area (TPSA) is 76.5 Å². The Morgan fingerprint density at radius 2 is 2.07 bits per heavy atom. The van der Waals surface area contributed by atoms with Crippen LogP contribution < -0.4 is 10.2 Å². The number of aromatic nitrogens is 2. The summed E-state index contributed by atoms with van der Waals surface area (Å²) < 4.78 is 7.31. The predicted molar refractivity (Wildman–Crippen MR) is 110 cm³/mol. The molecule has 1 aliphatic heterocycles. The number of hydrogen-bond donors (Lipinski definition) is 1. The van der Waals surface area contributed by atoms with Gasteiger partial charge in [0, 0.05) is 13.2 Å². The number of benzene rings is 1. The molecule has 1 aliphatic rings. The third kappa shape index (κ3) is 4.74. The van der Waals surface area contributed by atoms with Crippen molar-refractivity contribution in [2.75, 3.05) is 30.3 Å². The van der Waals surface area contributed by atoms with Gasteiger partial charge in [0.05, 0.1) is 28.9 Å². The highest BCUT2D eigenvalue weighted by atomic mass is 32.2. The van der Waals surface area contributed by atoms with E-state index >= 15 is 0 Å². The number of aryl methyl sites for hydroxylation is 1. The summed E-state index contributed by atoms with van der Waals surface area (Å²) in [4.78, 5) is 26.4. The molecule has 0 bridgehead atoms. The summed E-state index contributed by atoms with van der Waals surface area (Å²) in [6, 6.07) is 9.79. The van der Waals surface area contributed by atoms with Gasteiger partial charge < -0.3 is 10.1 Å². The number of nitrogens with one attached hydrogen (secondary N) is 1. The maximum absolute atomic E-state index is 12.5. The number of rotatable bonds is 8. The van der Waals surface area contributed by atoms with E-state index in [4.69, 9.17) is 4.74 Å². The Hall–Kier alpha value is -2.32. The van der Waals surface area contributed by atoms with E-state index in [1.165, 1.54) is 11.8 Å². The third-order valence-electron chi connectivity index (χ3n) is 4.29. The van der Waals surface area contributed by atoms with Gasteiger partial charge in [0.15, 0.2) is 0 Å². The normalized spacial score (nSPS) is 13.7. The fourth-order valence-corrected chi connectivity index (χ4v) is 4.08. The Bertz CT molecular complexity index is 835. The Kier molecular flexibility index (Phi) is 6.74. The van der Waals surface area contributed by atoms with Crippen LogP contribution in [-0.2, 0) is 14.3 Å². The van der Waals surface area contributed by atoms with Crippen molar-refractivity contribution in [2.24, 2.45) is 0 Å². The number of hydrogen-bond acceptors (Lipinski definition) is 5. The molecule has 0 saturated heterocycles. The molecule has 1 N–H and O–H groups in total. The Balaban J connectivity index is 1.69. The summed E-state index contributed by atoms with van der Waals surface area (Å²) in [5.74, 6) is 0.0367. The lowest BCUT2D eigenvalue weighted by Gasteiger charge is -2.27. The smallest absolute Gasteiger partial charge is 0.240 e. The van der Waals surface area contributed by atoms with Gasteiger partial charge in [0.1, 0.15) is 11.6 Å². The van der Waals surface area contributed by atoms with Crippen molar-refractivity contribution in [3.8, 4) is 5.69 Å². The van der Waals surface area contributed by atoms with Crippen LogP contribution >= 0.6 is 11.8 Å². The van der Waals surface area contributed by atoms with Gasteiger partial charge in [0.25, 0.3) is 0 Å². The number of anilines is 1. The van der Waals surface area contributed by atoms with Gasteiger partial charge in [0.2, 0.25) is 11.8 Å². The molecule has 8 heteroatoms. The van der Waals surface area contributed by atoms with Gasteiger partial charge in [-0.05, 0) is 39.3 Å². The molecule has 7 nitrogen and oxygen atoms in total. The Labute approximate surface area is 169 Å². The second kappa shape index (κ2) is 9.25. The van der Waals surface area contributed by atoms with Gasteiger partial charge in [-0.2, -0.15) is 5.10 Å². The molecule has 0 saturated carbocycles. The second-order valence-corrected chi connectivity index (χ2v) is 7.84. The minimum Gasteiger partial charge on any atom is -0.379 e. The maximum Gasteiger partial charge on any atom is 0.240 e. The van der Waals surface area contributed by atoms with Crippen LogP contribution in [0.2, 0.25) is 0 Å². The van der Waals surface area contributed by atoms with E-state index in [9.17, 15) is 9.59 Å². The molecular formula is C20H26N4O3S. The number of para-hydroxylation sites is 1. The van der Waals surface area contributed by atoms with Crippen molar-refractivity contribution in [2.45, 2.75) is 38.3 Å². The lowest BCUT2D eigenvalue weighted by Crippen LogP contribution is -2.43. The van der Waals surface area contributed by atoms with Gasteiger partial charge in [-0.15, -0.1) is 0 Å². The average molecular weight is 403 g/mol. The molecule has 1 aromatic carbocycles. The predicted octanol–water partition coefficient (Wildman–Crippen LogP) is 2.55. The minimum absolute atomic E-state index is 0.00124. The third-order valence-corrected chi connectivity index (χ3v) is 5.32. The van der Waals surface area contributed by atoms with Crippen LogP contribution in [0.1, 0.15) is 26.0 Å². The first-order valence-electron chi connectivity index (χ1n) is 9.44. The van der Waals surface area contributed by atoms with E-state index in [2.05, 4.69) is 10.4 Å². The number of carbonyl (C=O) groups is 2. The molecule has 1 aromatic heterocycles. The summed E-state index contributed by atoms with van der Waals surface area (Å²) in [6.45, 7) is 6.95. The summed E-state index contributed by atoms with van der Waals surface area (Å²) in [5, 5.41) is 8.37. The fraction of sp³-hybridized carbons (Fsp3) is 0.450. The zero-order chi connectivity index (χ0) is 20.1. The highest BCUT2D eigenvalue weighted by Crippen LogP contribution is 2.39. The van der Waals surface area contributed by atoms with Crippen molar-refractivity contribution in [1.29, 1.82) is 0 Å². The van der Waals surface area contributed by atoms with Crippen LogP contribution in [0, 0.1) is 6.92 Å². The van der Waals surface area contributed by atoms with Crippen molar-refractivity contribution >= 4 is 29.3 Å². The second-order valence-electron chi connectivity index (χ2n) is 6.88. The van der Waals surface area contributed by atoms with Gasteiger partial charge in [-0.25, -0.2) is 4.68 Å². The molecule has 3 rings (SSSR count). The zero-order valence-electron chi connectivity index (χ0n) is 16.5. The fourth-order valence-electron chi connectivity index (χ4n) is 3.00. The molecule has 0 radical (unpaired) electrons. The molecule has 0 spiro atoms. The summed E-state index contributed by atoms with van der Waals surface area (Å²) in [5.41, 5.74) is 2.39. The number of thioether (sulfide) groups is 1. The molecule has 2 aromatic rings. The number of ether oxygens (including phenoxy) is 1. The average Bonchev–Trinajstić information content (AvgIpc) is 3.01. The van der Waals surface area contributed by atoms with Crippen LogP contribution in [-0.4, -0.2) is 53.1 Å². The quantitative estimate of drug-likeness (QED) is 0.687. The summed E-state index contributed by atoms with van der Waals surface area (Å²) in [6.07, 6.45) is 0.922. The van der Waals surface area contributed by atoms with Crippen molar-refractivity contribution < 1.29 is 14.3 Å². The van der Waals surface area contributed by atoms with Crippen molar-refractivity contribution in [1.82, 2.24) is 15.1 Å². The Morgan fingerprint density at radius 1 is 1.32 bits per heavy atom.